The molecule has 26 heavy (non-hydrogen) atoms. The highest BCUT2D eigenvalue weighted by Gasteiger charge is 2.34. The smallest absolute Gasteiger partial charge is 0.243 e. The van der Waals surface area contributed by atoms with Crippen LogP contribution < -0.4 is 5.32 Å². The van der Waals surface area contributed by atoms with E-state index in [2.05, 4.69) is 5.32 Å². The monoisotopic (exact) mass is 372 g/mol. The van der Waals surface area contributed by atoms with Gasteiger partial charge in [0.05, 0.1) is 10.8 Å². The molecule has 1 aliphatic rings. The van der Waals surface area contributed by atoms with Gasteiger partial charge in [0.15, 0.2) is 0 Å². The zero-order valence-corrected chi connectivity index (χ0v) is 15.9. The van der Waals surface area contributed by atoms with E-state index >= 15 is 0 Å². The number of rotatable bonds is 4. The Bertz CT molecular complexity index is 895. The van der Waals surface area contributed by atoms with E-state index in [1.807, 2.05) is 49.4 Å². The van der Waals surface area contributed by atoms with Gasteiger partial charge in [0.25, 0.3) is 0 Å². The quantitative estimate of drug-likeness (QED) is 0.895. The molecule has 3 rings (SSSR count). The number of aryl methyl sites for hydroxylation is 2. The number of carbonyl (C=O) groups is 1. The van der Waals surface area contributed by atoms with E-state index in [-0.39, 0.29) is 18.4 Å². The minimum atomic E-state index is -3.60. The summed E-state index contributed by atoms with van der Waals surface area (Å²) in [5, 5.41) is 2.88. The number of piperidine rings is 1. The lowest BCUT2D eigenvalue weighted by molar-refractivity contribution is -0.120. The zero-order chi connectivity index (χ0) is 18.7. The highest BCUT2D eigenvalue weighted by Crippen LogP contribution is 2.27. The summed E-state index contributed by atoms with van der Waals surface area (Å²) in [6.07, 6.45) is 1.37. The standard InChI is InChI=1S/C20H24N2O3S/c1-15-10-11-16(2)19(13-15)26(24,25)22-12-6-7-17(14-22)20(23)21-18-8-4-3-5-9-18/h3-5,8-11,13,17H,6-7,12,14H2,1-2H3,(H,21,23)/t17-/m0/s1. The summed E-state index contributed by atoms with van der Waals surface area (Å²) in [7, 11) is -3.60. The number of para-hydroxylation sites is 1. The van der Waals surface area contributed by atoms with Crippen LogP contribution in [-0.2, 0) is 14.8 Å². The normalized spacial score (nSPS) is 18.5. The van der Waals surface area contributed by atoms with E-state index in [1.165, 1.54) is 4.31 Å². The van der Waals surface area contributed by atoms with Crippen molar-refractivity contribution in [1.29, 1.82) is 0 Å². The molecule has 6 heteroatoms. The maximum atomic E-state index is 13.1. The van der Waals surface area contributed by atoms with Crippen molar-refractivity contribution in [3.8, 4) is 0 Å². The molecule has 1 N–H and O–H groups in total. The lowest BCUT2D eigenvalue weighted by Crippen LogP contribution is -2.43. The molecule has 5 nitrogen and oxygen atoms in total. The van der Waals surface area contributed by atoms with Crippen LogP contribution in [0, 0.1) is 19.8 Å². The average molecular weight is 372 g/mol. The molecule has 1 amide bonds. The van der Waals surface area contributed by atoms with Gasteiger partial charge in [-0.05, 0) is 56.0 Å². The molecule has 0 radical (unpaired) electrons. The number of hydrogen-bond donors (Lipinski definition) is 1. The van der Waals surface area contributed by atoms with Crippen LogP contribution in [0.25, 0.3) is 0 Å². The molecule has 0 spiro atoms. The molecule has 1 aliphatic heterocycles. The number of amides is 1. The summed E-state index contributed by atoms with van der Waals surface area (Å²) >= 11 is 0. The van der Waals surface area contributed by atoms with Crippen molar-refractivity contribution in [1.82, 2.24) is 4.31 Å². The van der Waals surface area contributed by atoms with Crippen molar-refractivity contribution >= 4 is 21.6 Å². The van der Waals surface area contributed by atoms with Crippen LogP contribution in [0.5, 0.6) is 0 Å². The lowest BCUT2D eigenvalue weighted by atomic mass is 9.99. The number of hydrogen-bond acceptors (Lipinski definition) is 3. The highest BCUT2D eigenvalue weighted by molar-refractivity contribution is 7.89. The van der Waals surface area contributed by atoms with Crippen LogP contribution in [0.1, 0.15) is 24.0 Å². The van der Waals surface area contributed by atoms with Crippen molar-refractivity contribution in [3.63, 3.8) is 0 Å². The fourth-order valence-electron chi connectivity index (χ4n) is 3.26. The zero-order valence-electron chi connectivity index (χ0n) is 15.1. The van der Waals surface area contributed by atoms with Gasteiger partial charge in [-0.2, -0.15) is 4.31 Å². The second kappa shape index (κ2) is 7.60. The molecule has 1 saturated heterocycles. The predicted molar refractivity (Wildman–Crippen MR) is 102 cm³/mol. The summed E-state index contributed by atoms with van der Waals surface area (Å²) < 4.78 is 27.6. The van der Waals surface area contributed by atoms with Gasteiger partial charge in [0.1, 0.15) is 0 Å². The Morgan fingerprint density at radius 2 is 1.85 bits per heavy atom. The fraction of sp³-hybridized carbons (Fsp3) is 0.350. The Morgan fingerprint density at radius 1 is 1.12 bits per heavy atom. The molecule has 1 heterocycles. The van der Waals surface area contributed by atoms with Gasteiger partial charge in [-0.25, -0.2) is 8.42 Å². The lowest BCUT2D eigenvalue weighted by Gasteiger charge is -2.31. The van der Waals surface area contributed by atoms with Crippen LogP contribution in [0.3, 0.4) is 0 Å². The van der Waals surface area contributed by atoms with E-state index in [0.717, 1.165) is 16.8 Å². The Hall–Kier alpha value is -2.18. The molecule has 1 fully saturated rings. The van der Waals surface area contributed by atoms with Gasteiger partial charge in [0, 0.05) is 18.8 Å². The first-order valence-corrected chi connectivity index (χ1v) is 10.3. The van der Waals surface area contributed by atoms with Crippen molar-refractivity contribution in [2.45, 2.75) is 31.6 Å². The maximum absolute atomic E-state index is 13.1. The van der Waals surface area contributed by atoms with E-state index in [1.54, 1.807) is 13.0 Å². The maximum Gasteiger partial charge on any atom is 0.243 e. The van der Waals surface area contributed by atoms with Crippen molar-refractivity contribution in [2.24, 2.45) is 5.92 Å². The number of anilines is 1. The topological polar surface area (TPSA) is 66.5 Å². The first-order valence-electron chi connectivity index (χ1n) is 8.81. The van der Waals surface area contributed by atoms with E-state index in [4.69, 9.17) is 0 Å². The molecule has 0 aliphatic carbocycles. The van der Waals surface area contributed by atoms with E-state index < -0.39 is 10.0 Å². The van der Waals surface area contributed by atoms with Gasteiger partial charge >= 0.3 is 0 Å². The van der Waals surface area contributed by atoms with Gasteiger partial charge in [-0.1, -0.05) is 30.3 Å². The third-order valence-corrected chi connectivity index (χ3v) is 6.76. The number of nitrogens with zero attached hydrogens (tertiary/aromatic N) is 1. The van der Waals surface area contributed by atoms with Crippen molar-refractivity contribution in [2.75, 3.05) is 18.4 Å². The summed E-state index contributed by atoms with van der Waals surface area (Å²) in [4.78, 5) is 12.9. The first kappa shape index (κ1) is 18.6. The molecular formula is C20H24N2O3S. The second-order valence-electron chi connectivity index (χ2n) is 6.83. The van der Waals surface area contributed by atoms with Gasteiger partial charge in [-0.3, -0.25) is 4.79 Å². The molecular weight excluding hydrogens is 348 g/mol. The Labute approximate surface area is 155 Å². The van der Waals surface area contributed by atoms with E-state index in [0.29, 0.717) is 24.3 Å². The summed E-state index contributed by atoms with van der Waals surface area (Å²) in [6, 6.07) is 14.7. The van der Waals surface area contributed by atoms with Crippen LogP contribution >= 0.6 is 0 Å². The molecule has 2 aromatic carbocycles. The van der Waals surface area contributed by atoms with Crippen LogP contribution in [0.2, 0.25) is 0 Å². The third kappa shape index (κ3) is 3.97. The number of benzene rings is 2. The Balaban J connectivity index is 1.77. The summed E-state index contributed by atoms with van der Waals surface area (Å²) in [5.41, 5.74) is 2.36. The number of carbonyl (C=O) groups excluding carboxylic acids is 1. The molecule has 0 bridgehead atoms. The van der Waals surface area contributed by atoms with Gasteiger partial charge < -0.3 is 5.32 Å². The molecule has 138 valence electrons. The van der Waals surface area contributed by atoms with Crippen molar-refractivity contribution in [3.05, 3.63) is 59.7 Å². The molecule has 0 saturated carbocycles. The summed E-state index contributed by atoms with van der Waals surface area (Å²) in [6.45, 7) is 4.35. The van der Waals surface area contributed by atoms with Crippen molar-refractivity contribution < 1.29 is 13.2 Å². The molecule has 0 unspecified atom stereocenters. The predicted octanol–water partition coefficient (Wildman–Crippen LogP) is 3.34. The summed E-state index contributed by atoms with van der Waals surface area (Å²) in [5.74, 6) is -0.471. The Morgan fingerprint density at radius 3 is 2.58 bits per heavy atom. The molecule has 1 atom stereocenters. The number of sulfonamides is 1. The fourth-order valence-corrected chi connectivity index (χ4v) is 5.10. The SMILES string of the molecule is Cc1ccc(C)c(S(=O)(=O)N2CCC[C@H](C(=O)Nc3ccccc3)C2)c1. The second-order valence-corrected chi connectivity index (χ2v) is 8.73. The van der Waals surface area contributed by atoms with Crippen LogP contribution in [-0.4, -0.2) is 31.7 Å². The molecule has 0 aromatic heterocycles. The highest BCUT2D eigenvalue weighted by atomic mass is 32.2. The average Bonchev–Trinajstić information content (AvgIpc) is 2.64. The van der Waals surface area contributed by atoms with Crippen LogP contribution in [0.4, 0.5) is 5.69 Å². The third-order valence-electron chi connectivity index (χ3n) is 4.76. The minimum Gasteiger partial charge on any atom is -0.326 e. The van der Waals surface area contributed by atoms with Crippen LogP contribution in [0.15, 0.2) is 53.4 Å². The van der Waals surface area contributed by atoms with Gasteiger partial charge in [-0.15, -0.1) is 0 Å². The Kier molecular flexibility index (Phi) is 5.44. The molecule has 2 aromatic rings. The van der Waals surface area contributed by atoms with Gasteiger partial charge in [0.2, 0.25) is 15.9 Å². The van der Waals surface area contributed by atoms with E-state index in [9.17, 15) is 13.2 Å². The minimum absolute atomic E-state index is 0.128. The first-order chi connectivity index (χ1) is 12.4. The largest absolute Gasteiger partial charge is 0.326 e. The number of nitrogens with one attached hydrogen (secondary N) is 1.